The molecule has 1 aromatic heterocycles. The summed E-state index contributed by atoms with van der Waals surface area (Å²) in [7, 11) is 0. The predicted octanol–water partition coefficient (Wildman–Crippen LogP) is 4.32. The highest BCUT2D eigenvalue weighted by Gasteiger charge is 2.45. The molecular formula is C36H39N9O6S. The van der Waals surface area contributed by atoms with Gasteiger partial charge >= 0.3 is 6.03 Å². The normalized spacial score (nSPS) is 17.9. The number of nitrogens with zero attached hydrogens (tertiary/aromatic N) is 6. The van der Waals surface area contributed by atoms with Gasteiger partial charge in [0.15, 0.2) is 5.78 Å². The van der Waals surface area contributed by atoms with E-state index in [1.54, 1.807) is 24.3 Å². The molecule has 0 aliphatic carbocycles. The number of hydrazine groups is 1. The predicted molar refractivity (Wildman–Crippen MR) is 191 cm³/mol. The van der Waals surface area contributed by atoms with Gasteiger partial charge in [0.2, 0.25) is 17.0 Å². The Balaban J connectivity index is 1.15. The molecule has 0 saturated carbocycles. The van der Waals surface area contributed by atoms with Crippen LogP contribution in [0.3, 0.4) is 0 Å². The fourth-order valence-corrected chi connectivity index (χ4v) is 6.90. The monoisotopic (exact) mass is 725 g/mol. The average molecular weight is 726 g/mol. The molecule has 2 aliphatic rings. The number of hydrogen-bond donors (Lipinski definition) is 3. The number of carbonyl (C=O) groups excluding carboxylic acids is 5. The van der Waals surface area contributed by atoms with Crippen LogP contribution in [0.4, 0.5) is 10.5 Å². The van der Waals surface area contributed by atoms with Gasteiger partial charge in [-0.1, -0.05) is 62.0 Å². The van der Waals surface area contributed by atoms with Gasteiger partial charge in [0, 0.05) is 25.1 Å². The Labute approximate surface area is 304 Å². The zero-order valence-electron chi connectivity index (χ0n) is 28.7. The Bertz CT molecular complexity index is 1890. The van der Waals surface area contributed by atoms with Gasteiger partial charge in [0.25, 0.3) is 5.91 Å². The highest BCUT2D eigenvalue weighted by atomic mass is 32.2. The number of amides is 5. The van der Waals surface area contributed by atoms with Crippen LogP contribution < -0.4 is 20.7 Å². The molecule has 5 amide bonds. The number of benzene rings is 3. The highest BCUT2D eigenvalue weighted by molar-refractivity contribution is 8.00. The fourth-order valence-electron chi connectivity index (χ4n) is 5.96. The number of thioether (sulfide) groups is 1. The Morgan fingerprint density at radius 1 is 0.923 bits per heavy atom. The topological polar surface area (TPSA) is 181 Å². The van der Waals surface area contributed by atoms with Crippen LogP contribution in [0.2, 0.25) is 0 Å². The number of ether oxygens (including phenoxy) is 1. The first-order valence-electron chi connectivity index (χ1n) is 17.0. The maximum atomic E-state index is 14.1. The van der Waals surface area contributed by atoms with Crippen LogP contribution in [0.15, 0.2) is 90.1 Å². The number of hydrogen-bond acceptors (Lipinski definition) is 10. The van der Waals surface area contributed by atoms with E-state index in [2.05, 4.69) is 31.5 Å². The SMILES string of the molecule is CC(C)CC(=O)C(NC(=O)[C@@H]1CCCN2C(=O)CCC(NC(=O)Nc3ccc(Oc4ccccc4)cc3)C(=O)N12)Sc1nnnn1-c1ccccc1. The summed E-state index contributed by atoms with van der Waals surface area (Å²) in [6.45, 7) is 4.03. The van der Waals surface area contributed by atoms with E-state index in [0.717, 1.165) is 16.8 Å². The lowest BCUT2D eigenvalue weighted by atomic mass is 10.0. The molecule has 0 radical (unpaired) electrons. The minimum absolute atomic E-state index is 0.00568. The molecule has 6 rings (SSSR count). The lowest BCUT2D eigenvalue weighted by Gasteiger charge is -2.43. The summed E-state index contributed by atoms with van der Waals surface area (Å²) in [4.78, 5) is 68.0. The number of urea groups is 1. The van der Waals surface area contributed by atoms with E-state index in [0.29, 0.717) is 29.3 Å². The number of aromatic nitrogens is 4. The summed E-state index contributed by atoms with van der Waals surface area (Å²) in [5.74, 6) is -0.551. The summed E-state index contributed by atoms with van der Waals surface area (Å²) in [6, 6.07) is 22.3. The van der Waals surface area contributed by atoms with E-state index in [-0.39, 0.29) is 55.0 Å². The third-order valence-corrected chi connectivity index (χ3v) is 9.48. The molecule has 3 atom stereocenters. The maximum absolute atomic E-state index is 14.1. The summed E-state index contributed by atoms with van der Waals surface area (Å²) < 4.78 is 7.28. The quantitative estimate of drug-likeness (QED) is 0.141. The Kier molecular flexibility index (Phi) is 11.4. The molecule has 3 N–H and O–H groups in total. The highest BCUT2D eigenvalue weighted by Crippen LogP contribution is 2.28. The maximum Gasteiger partial charge on any atom is 0.319 e. The van der Waals surface area contributed by atoms with Crippen LogP contribution in [0.1, 0.15) is 46.0 Å². The van der Waals surface area contributed by atoms with E-state index in [1.807, 2.05) is 74.5 Å². The van der Waals surface area contributed by atoms with E-state index >= 15 is 0 Å². The van der Waals surface area contributed by atoms with Crippen molar-refractivity contribution in [1.82, 2.24) is 40.9 Å². The standard InChI is InChI=1S/C36H39N9O6S/c1-23(2)22-30(46)33(52-36-40-41-42-44(36)25-10-5-3-6-11-25)39-32(48)29-14-9-21-43-31(47)20-19-28(34(49)45(29)43)38-35(50)37-24-15-17-27(18-16-24)51-26-12-7-4-8-13-26/h3-8,10-13,15-18,23,28-29,33H,9,14,19-22H2,1-2H3,(H,39,48)(H2,37,38,50)/t28?,29-,33?/m0/s1. The molecular weight excluding hydrogens is 687 g/mol. The average Bonchev–Trinajstić information content (AvgIpc) is 3.57. The number of fused-ring (bicyclic) bond motifs is 1. The van der Waals surface area contributed by atoms with E-state index in [9.17, 15) is 24.0 Å². The zero-order chi connectivity index (χ0) is 36.6. The van der Waals surface area contributed by atoms with Crippen LogP contribution in [-0.4, -0.2) is 83.8 Å². The van der Waals surface area contributed by atoms with Crippen molar-refractivity contribution in [3.63, 3.8) is 0 Å². The van der Waals surface area contributed by atoms with Gasteiger partial charge in [-0.2, -0.15) is 4.68 Å². The zero-order valence-corrected chi connectivity index (χ0v) is 29.5. The van der Waals surface area contributed by atoms with Crippen molar-refractivity contribution in [2.45, 2.75) is 68.6 Å². The second-order valence-corrected chi connectivity index (χ2v) is 13.8. The van der Waals surface area contributed by atoms with Gasteiger partial charge in [-0.05, 0) is 84.1 Å². The van der Waals surface area contributed by atoms with Gasteiger partial charge in [0.05, 0.1) is 5.69 Å². The Morgan fingerprint density at radius 2 is 1.62 bits per heavy atom. The second kappa shape index (κ2) is 16.5. The first-order chi connectivity index (χ1) is 25.2. The fraction of sp³-hybridized carbons (Fsp3) is 0.333. The Morgan fingerprint density at radius 3 is 2.33 bits per heavy atom. The Hall–Kier alpha value is -5.77. The van der Waals surface area contributed by atoms with Crippen LogP contribution in [0.25, 0.3) is 5.69 Å². The van der Waals surface area contributed by atoms with Crippen molar-refractivity contribution < 1.29 is 28.7 Å². The number of Topliss-reactive ketones (excluding diaryl/α,β-unsaturated/α-hetero) is 1. The van der Waals surface area contributed by atoms with Crippen molar-refractivity contribution in [2.24, 2.45) is 5.92 Å². The van der Waals surface area contributed by atoms with Crippen LogP contribution in [-0.2, 0) is 19.2 Å². The van der Waals surface area contributed by atoms with Gasteiger partial charge in [-0.3, -0.25) is 24.2 Å². The lowest BCUT2D eigenvalue weighted by Crippen LogP contribution is -2.64. The molecule has 16 heteroatoms. The van der Waals surface area contributed by atoms with Crippen molar-refractivity contribution in [2.75, 3.05) is 11.9 Å². The van der Waals surface area contributed by atoms with Crippen molar-refractivity contribution in [1.29, 1.82) is 0 Å². The molecule has 3 heterocycles. The van der Waals surface area contributed by atoms with Crippen molar-refractivity contribution >= 4 is 47.0 Å². The van der Waals surface area contributed by atoms with E-state index < -0.39 is 35.3 Å². The summed E-state index contributed by atoms with van der Waals surface area (Å²) >= 11 is 0.993. The minimum atomic E-state index is -1.10. The molecule has 0 bridgehead atoms. The van der Waals surface area contributed by atoms with Gasteiger partial charge in [-0.25, -0.2) is 9.80 Å². The van der Waals surface area contributed by atoms with Gasteiger partial charge in [-0.15, -0.1) is 5.10 Å². The van der Waals surface area contributed by atoms with Crippen LogP contribution in [0, 0.1) is 5.92 Å². The molecule has 15 nitrogen and oxygen atoms in total. The number of ketones is 1. The van der Waals surface area contributed by atoms with Gasteiger partial charge < -0.3 is 20.7 Å². The molecule has 270 valence electrons. The summed E-state index contributed by atoms with van der Waals surface area (Å²) in [5.41, 5.74) is 1.13. The molecule has 2 fully saturated rings. The number of para-hydroxylation sites is 2. The number of rotatable bonds is 12. The van der Waals surface area contributed by atoms with Crippen molar-refractivity contribution in [3.8, 4) is 17.2 Å². The molecule has 2 saturated heterocycles. The number of tetrazole rings is 1. The van der Waals surface area contributed by atoms with Crippen LogP contribution in [0.5, 0.6) is 11.5 Å². The molecule has 2 unspecified atom stereocenters. The minimum Gasteiger partial charge on any atom is -0.457 e. The molecule has 4 aromatic rings. The summed E-state index contributed by atoms with van der Waals surface area (Å²) in [5, 5.41) is 21.8. The summed E-state index contributed by atoms with van der Waals surface area (Å²) in [6.07, 6.45) is 0.909. The largest absolute Gasteiger partial charge is 0.457 e. The van der Waals surface area contributed by atoms with Crippen molar-refractivity contribution in [3.05, 3.63) is 84.9 Å². The third kappa shape index (κ3) is 8.74. The first kappa shape index (κ1) is 36.0. The lowest BCUT2D eigenvalue weighted by molar-refractivity contribution is -0.176. The van der Waals surface area contributed by atoms with E-state index in [4.69, 9.17) is 4.74 Å². The number of nitrogens with one attached hydrogen (secondary N) is 3. The van der Waals surface area contributed by atoms with Gasteiger partial charge in [0.1, 0.15) is 29.0 Å². The molecule has 52 heavy (non-hydrogen) atoms. The smallest absolute Gasteiger partial charge is 0.319 e. The molecule has 0 spiro atoms. The number of anilines is 1. The third-order valence-electron chi connectivity index (χ3n) is 8.40. The molecule has 2 aliphatic heterocycles. The van der Waals surface area contributed by atoms with E-state index in [1.165, 1.54) is 9.69 Å². The van der Waals surface area contributed by atoms with Crippen LogP contribution >= 0.6 is 11.8 Å². The molecule has 3 aromatic carbocycles. The second-order valence-electron chi connectivity index (χ2n) is 12.8. The number of carbonyl (C=O) groups is 5. The first-order valence-corrected chi connectivity index (χ1v) is 17.9.